The van der Waals surface area contributed by atoms with Gasteiger partial charge in [-0.05, 0) is 42.5 Å². The van der Waals surface area contributed by atoms with Gasteiger partial charge in [0.2, 0.25) is 5.91 Å². The Bertz CT molecular complexity index is 1040. The summed E-state index contributed by atoms with van der Waals surface area (Å²) in [5.74, 6) is -0.435. The van der Waals surface area contributed by atoms with E-state index in [-0.39, 0.29) is 11.6 Å². The molecule has 3 aromatic rings. The Morgan fingerprint density at radius 3 is 2.63 bits per heavy atom. The van der Waals surface area contributed by atoms with E-state index in [0.29, 0.717) is 22.7 Å². The lowest BCUT2D eigenvalue weighted by molar-refractivity contribution is -0.117. The van der Waals surface area contributed by atoms with Crippen LogP contribution in [-0.4, -0.2) is 27.8 Å². The Morgan fingerprint density at radius 1 is 1.26 bits per heavy atom. The fourth-order valence-electron chi connectivity index (χ4n) is 2.28. The molecule has 0 aliphatic rings. The normalized spacial score (nSPS) is 10.5. The van der Waals surface area contributed by atoms with Crippen LogP contribution in [0.5, 0.6) is 5.75 Å². The highest BCUT2D eigenvalue weighted by Gasteiger charge is 2.10. The summed E-state index contributed by atoms with van der Waals surface area (Å²) in [6.45, 7) is -0.344. The number of hydrogen-bond acceptors (Lipinski definition) is 5. The van der Waals surface area contributed by atoms with E-state index in [2.05, 4.69) is 15.4 Å². The maximum absolute atomic E-state index is 13.1. The zero-order valence-electron chi connectivity index (χ0n) is 14.1. The van der Waals surface area contributed by atoms with Crippen molar-refractivity contribution in [2.75, 3.05) is 12.4 Å². The van der Waals surface area contributed by atoms with Gasteiger partial charge in [0.25, 0.3) is 0 Å². The first-order valence-electron chi connectivity index (χ1n) is 7.80. The number of benzene rings is 2. The minimum atomic E-state index is -0.671. The molecule has 9 heteroatoms. The number of carbonyl (C=O) groups is 1. The molecule has 0 unspecified atom stereocenters. The highest BCUT2D eigenvalue weighted by Crippen LogP contribution is 2.20. The van der Waals surface area contributed by atoms with Crippen LogP contribution in [0.2, 0.25) is 5.02 Å². The molecule has 0 saturated carbocycles. The van der Waals surface area contributed by atoms with Crippen molar-refractivity contribution in [1.82, 2.24) is 14.8 Å². The Morgan fingerprint density at radius 2 is 2.00 bits per heavy atom. The minimum Gasteiger partial charge on any atom is -0.497 e. The van der Waals surface area contributed by atoms with Gasteiger partial charge in [0.1, 0.15) is 18.1 Å². The molecule has 0 atom stereocenters. The second-order valence-electron chi connectivity index (χ2n) is 5.49. The smallest absolute Gasteiger partial charge is 0.365 e. The summed E-state index contributed by atoms with van der Waals surface area (Å²) in [6, 6.07) is 10.7. The molecular formula is C18H14ClFN4O3. The second-order valence-corrected chi connectivity index (χ2v) is 5.89. The lowest BCUT2D eigenvalue weighted by Crippen LogP contribution is -2.31. The van der Waals surface area contributed by atoms with E-state index in [1.54, 1.807) is 31.4 Å². The summed E-state index contributed by atoms with van der Waals surface area (Å²) in [7, 11) is 1.56. The van der Waals surface area contributed by atoms with E-state index < -0.39 is 17.4 Å². The third-order valence-corrected chi connectivity index (χ3v) is 3.93. The van der Waals surface area contributed by atoms with Crippen molar-refractivity contribution in [2.45, 2.75) is 6.54 Å². The highest BCUT2D eigenvalue weighted by molar-refractivity contribution is 6.31. The summed E-state index contributed by atoms with van der Waals surface area (Å²) in [5.41, 5.74) is 0.709. The number of anilines is 1. The third kappa shape index (κ3) is 4.48. The van der Waals surface area contributed by atoms with Gasteiger partial charge < -0.3 is 10.1 Å². The van der Waals surface area contributed by atoms with Crippen LogP contribution in [-0.2, 0) is 11.3 Å². The third-order valence-electron chi connectivity index (χ3n) is 3.64. The van der Waals surface area contributed by atoms with E-state index in [9.17, 15) is 14.0 Å². The van der Waals surface area contributed by atoms with E-state index in [1.807, 2.05) is 0 Å². The molecule has 1 aromatic heterocycles. The van der Waals surface area contributed by atoms with Gasteiger partial charge in [0.05, 0.1) is 24.0 Å². The SMILES string of the molecule is COc1ccc(-c2cnn(CC(=O)Nc3ccc(F)c(Cl)c3)c(=O)n2)cc1. The standard InChI is InChI=1S/C18H14ClFN4O3/c1-27-13-5-2-11(3-6-13)16-9-21-24(18(26)23-16)10-17(25)22-12-4-7-15(20)14(19)8-12/h2-9H,10H2,1H3,(H,22,25). The van der Waals surface area contributed by atoms with Crippen LogP contribution >= 0.6 is 11.6 Å². The maximum atomic E-state index is 13.1. The number of rotatable bonds is 5. The Kier molecular flexibility index (Phi) is 5.46. The number of hydrogen-bond donors (Lipinski definition) is 1. The number of nitrogens with one attached hydrogen (secondary N) is 1. The monoisotopic (exact) mass is 388 g/mol. The molecule has 3 rings (SSSR count). The maximum Gasteiger partial charge on any atom is 0.365 e. The van der Waals surface area contributed by atoms with Gasteiger partial charge >= 0.3 is 5.69 Å². The highest BCUT2D eigenvalue weighted by atomic mass is 35.5. The van der Waals surface area contributed by atoms with Crippen molar-refractivity contribution >= 4 is 23.2 Å². The second kappa shape index (κ2) is 7.96. The number of methoxy groups -OCH3 is 1. The first-order chi connectivity index (χ1) is 13.0. The van der Waals surface area contributed by atoms with Crippen molar-refractivity contribution in [3.63, 3.8) is 0 Å². The zero-order chi connectivity index (χ0) is 19.4. The van der Waals surface area contributed by atoms with Crippen LogP contribution in [0.4, 0.5) is 10.1 Å². The van der Waals surface area contributed by atoms with E-state index >= 15 is 0 Å². The fraction of sp³-hybridized carbons (Fsp3) is 0.111. The number of carbonyl (C=O) groups excluding carboxylic acids is 1. The molecule has 2 aromatic carbocycles. The van der Waals surface area contributed by atoms with Gasteiger partial charge in [0.15, 0.2) is 0 Å². The van der Waals surface area contributed by atoms with E-state index in [1.165, 1.54) is 18.3 Å². The molecule has 0 spiro atoms. The van der Waals surface area contributed by atoms with Crippen LogP contribution < -0.4 is 15.7 Å². The average Bonchev–Trinajstić information content (AvgIpc) is 2.66. The molecule has 27 heavy (non-hydrogen) atoms. The molecule has 0 fully saturated rings. The molecule has 0 radical (unpaired) electrons. The lowest BCUT2D eigenvalue weighted by Gasteiger charge is -2.08. The Labute approximate surface area is 158 Å². The molecule has 1 amide bonds. The van der Waals surface area contributed by atoms with Crippen LogP contribution in [0.25, 0.3) is 11.3 Å². The van der Waals surface area contributed by atoms with Gasteiger partial charge in [-0.25, -0.2) is 13.9 Å². The molecule has 0 bridgehead atoms. The molecule has 138 valence electrons. The quantitative estimate of drug-likeness (QED) is 0.726. The summed E-state index contributed by atoms with van der Waals surface area (Å²) in [4.78, 5) is 28.1. The zero-order valence-corrected chi connectivity index (χ0v) is 14.9. The molecule has 0 aliphatic heterocycles. The van der Waals surface area contributed by atoms with Gasteiger partial charge in [-0.2, -0.15) is 10.1 Å². The predicted octanol–water partition coefficient (Wildman–Crippen LogP) is 2.75. The van der Waals surface area contributed by atoms with Crippen molar-refractivity contribution in [3.8, 4) is 17.0 Å². The summed E-state index contributed by atoms with van der Waals surface area (Å²) in [5, 5.41) is 6.37. The van der Waals surface area contributed by atoms with Crippen molar-refractivity contribution < 1.29 is 13.9 Å². The summed E-state index contributed by atoms with van der Waals surface area (Å²) in [6.07, 6.45) is 1.39. The number of aromatic nitrogens is 3. The fourth-order valence-corrected chi connectivity index (χ4v) is 2.46. The Hall–Kier alpha value is -3.26. The minimum absolute atomic E-state index is 0.117. The Balaban J connectivity index is 1.72. The first-order valence-corrected chi connectivity index (χ1v) is 8.17. The van der Waals surface area contributed by atoms with Crippen molar-refractivity contribution in [1.29, 1.82) is 0 Å². The van der Waals surface area contributed by atoms with Gasteiger partial charge in [-0.3, -0.25) is 4.79 Å². The molecule has 1 N–H and O–H groups in total. The predicted molar refractivity (Wildman–Crippen MR) is 98.3 cm³/mol. The van der Waals surface area contributed by atoms with Crippen molar-refractivity contribution in [2.24, 2.45) is 0 Å². The lowest BCUT2D eigenvalue weighted by atomic mass is 10.1. The number of ether oxygens (including phenoxy) is 1. The van der Waals surface area contributed by atoms with E-state index in [0.717, 1.165) is 10.7 Å². The number of nitrogens with zero attached hydrogens (tertiary/aromatic N) is 3. The molecule has 0 saturated heterocycles. The summed E-state index contributed by atoms with van der Waals surface area (Å²) >= 11 is 5.67. The molecule has 7 nitrogen and oxygen atoms in total. The largest absolute Gasteiger partial charge is 0.497 e. The van der Waals surface area contributed by atoms with Crippen LogP contribution in [0, 0.1) is 5.82 Å². The van der Waals surface area contributed by atoms with Crippen LogP contribution in [0.15, 0.2) is 53.5 Å². The topological polar surface area (TPSA) is 86.1 Å². The van der Waals surface area contributed by atoms with Crippen LogP contribution in [0.3, 0.4) is 0 Å². The van der Waals surface area contributed by atoms with Crippen LogP contribution in [0.1, 0.15) is 0 Å². The number of halogens is 2. The van der Waals surface area contributed by atoms with Gasteiger partial charge in [-0.15, -0.1) is 0 Å². The van der Waals surface area contributed by atoms with Crippen molar-refractivity contribution in [3.05, 3.63) is 70.0 Å². The molecular weight excluding hydrogens is 375 g/mol. The van der Waals surface area contributed by atoms with Gasteiger partial charge in [0, 0.05) is 11.3 Å². The first kappa shape index (κ1) is 18.5. The summed E-state index contributed by atoms with van der Waals surface area (Å²) < 4.78 is 19.1. The average molecular weight is 389 g/mol. The van der Waals surface area contributed by atoms with Gasteiger partial charge in [-0.1, -0.05) is 11.6 Å². The van der Waals surface area contributed by atoms with E-state index in [4.69, 9.17) is 16.3 Å². The molecule has 1 heterocycles. The molecule has 0 aliphatic carbocycles. The number of amides is 1.